The molecule has 4 nitrogen and oxygen atoms in total. The molecule has 306 valence electrons. The summed E-state index contributed by atoms with van der Waals surface area (Å²) < 4.78 is 8.66. The Kier molecular flexibility index (Phi) is 7.50. The largest absolute Gasteiger partial charge is 0.309 e. The highest BCUT2D eigenvalue weighted by molar-refractivity contribution is 7.27. The standard InChI is InChI=1S/C60H34N4S2/c1-2-17-38(18-3-1)63-48-26-11-8-20-40(48)41-31-29-37(34-50(41)63)36-30-32-49-47(33-36)53-42-21-6-7-22-43(42)57-54(45-23-9-12-27-51(45)65-57)56(53)64(49)59-55-46-24-10-13-28-52(46)66-60(55)62-58(61-59)44-25-14-16-35-15-4-5-19-39(35)44/h1-34H. The first kappa shape index (κ1) is 36.2. The van der Waals surface area contributed by atoms with Crippen molar-refractivity contribution < 1.29 is 0 Å². The molecule has 0 atom stereocenters. The molecule has 0 amide bonds. The lowest BCUT2D eigenvalue weighted by Crippen LogP contribution is -2.02. The molecule has 5 aromatic heterocycles. The average Bonchev–Trinajstić information content (AvgIpc) is 4.14. The van der Waals surface area contributed by atoms with Crippen LogP contribution >= 0.6 is 22.7 Å². The Morgan fingerprint density at radius 3 is 1.83 bits per heavy atom. The molecule has 66 heavy (non-hydrogen) atoms. The van der Waals surface area contributed by atoms with Gasteiger partial charge in [-0.3, -0.25) is 4.57 Å². The first-order chi connectivity index (χ1) is 32.7. The molecule has 0 aliphatic carbocycles. The van der Waals surface area contributed by atoms with E-state index >= 15 is 0 Å². The molecule has 0 fully saturated rings. The number of aromatic nitrogens is 4. The van der Waals surface area contributed by atoms with Gasteiger partial charge < -0.3 is 4.57 Å². The van der Waals surface area contributed by atoms with Gasteiger partial charge in [0.15, 0.2) is 11.6 Å². The van der Waals surface area contributed by atoms with E-state index in [0.717, 1.165) is 55.0 Å². The lowest BCUT2D eigenvalue weighted by molar-refractivity contribution is 1.09. The van der Waals surface area contributed by atoms with Gasteiger partial charge in [0.05, 0.1) is 27.5 Å². The molecule has 6 heteroatoms. The predicted octanol–water partition coefficient (Wildman–Crippen LogP) is 17.0. The Balaban J connectivity index is 1.10. The Morgan fingerprint density at radius 2 is 0.985 bits per heavy atom. The number of hydrogen-bond acceptors (Lipinski definition) is 4. The molecule has 15 rings (SSSR count). The summed E-state index contributed by atoms with van der Waals surface area (Å²) in [5, 5.41) is 14.5. The SMILES string of the molecule is c1ccc(-n2c3ccccc3c3ccc(-c4ccc5c(c4)c4c6ccccc6c6sc7ccccc7c6c4n5-c4nc(-c5cccc6ccccc56)nc5sc6ccccc6c45)cc32)cc1. The molecule has 0 saturated heterocycles. The maximum atomic E-state index is 5.77. The minimum absolute atomic E-state index is 0.724. The summed E-state index contributed by atoms with van der Waals surface area (Å²) in [6.07, 6.45) is 0. The summed E-state index contributed by atoms with van der Waals surface area (Å²) in [5.74, 6) is 1.62. The molecule has 0 unspecified atom stereocenters. The maximum absolute atomic E-state index is 5.77. The Labute approximate surface area is 385 Å². The summed E-state index contributed by atoms with van der Waals surface area (Å²) in [6.45, 7) is 0. The van der Waals surface area contributed by atoms with Crippen molar-refractivity contribution in [3.05, 3.63) is 206 Å². The van der Waals surface area contributed by atoms with Crippen molar-refractivity contribution in [2.75, 3.05) is 0 Å². The number of nitrogens with zero attached hydrogens (tertiary/aromatic N) is 4. The summed E-state index contributed by atoms with van der Waals surface area (Å²) in [7, 11) is 0. The van der Waals surface area contributed by atoms with Crippen LogP contribution in [0.1, 0.15) is 0 Å². The van der Waals surface area contributed by atoms with Gasteiger partial charge in [0.1, 0.15) is 4.83 Å². The summed E-state index contributed by atoms with van der Waals surface area (Å²) in [4.78, 5) is 12.2. The first-order valence-corrected chi connectivity index (χ1v) is 24.0. The van der Waals surface area contributed by atoms with E-state index in [0.29, 0.717) is 0 Å². The third-order valence-electron chi connectivity index (χ3n) is 13.7. The smallest absolute Gasteiger partial charge is 0.163 e. The van der Waals surface area contributed by atoms with Crippen molar-refractivity contribution in [1.29, 1.82) is 0 Å². The fraction of sp³-hybridized carbons (Fsp3) is 0. The van der Waals surface area contributed by atoms with Crippen molar-refractivity contribution in [1.82, 2.24) is 19.1 Å². The molecule has 15 aromatic rings. The van der Waals surface area contributed by atoms with Crippen molar-refractivity contribution in [3.8, 4) is 34.0 Å². The van der Waals surface area contributed by atoms with E-state index in [4.69, 9.17) is 9.97 Å². The zero-order valence-electron chi connectivity index (χ0n) is 35.2. The summed E-state index contributed by atoms with van der Waals surface area (Å²) in [6, 6.07) is 75.2. The number of thiophene rings is 2. The molecule has 5 heterocycles. The van der Waals surface area contributed by atoms with Crippen LogP contribution in [0.2, 0.25) is 0 Å². The number of hydrogen-bond donors (Lipinski definition) is 0. The minimum Gasteiger partial charge on any atom is -0.309 e. The van der Waals surface area contributed by atoms with Gasteiger partial charge in [-0.2, -0.15) is 0 Å². The average molecular weight is 875 g/mol. The molecule has 0 N–H and O–H groups in total. The zero-order valence-corrected chi connectivity index (χ0v) is 36.9. The minimum atomic E-state index is 0.724. The molecule has 10 aromatic carbocycles. The van der Waals surface area contributed by atoms with Crippen molar-refractivity contribution in [2.45, 2.75) is 0 Å². The van der Waals surface area contributed by atoms with Crippen LogP contribution in [-0.4, -0.2) is 19.1 Å². The number of benzene rings is 10. The van der Waals surface area contributed by atoms with Crippen molar-refractivity contribution in [2.24, 2.45) is 0 Å². The second kappa shape index (κ2) is 13.7. The van der Waals surface area contributed by atoms with Crippen LogP contribution < -0.4 is 0 Å². The summed E-state index contributed by atoms with van der Waals surface area (Å²) in [5.41, 5.74) is 9.18. The van der Waals surface area contributed by atoms with Crippen LogP contribution in [0.3, 0.4) is 0 Å². The normalized spacial score (nSPS) is 12.2. The van der Waals surface area contributed by atoms with E-state index in [2.05, 4.69) is 215 Å². The quantitative estimate of drug-likeness (QED) is 0.177. The van der Waals surface area contributed by atoms with Gasteiger partial charge >= 0.3 is 0 Å². The van der Waals surface area contributed by atoms with Crippen LogP contribution in [0.25, 0.3) is 140 Å². The first-order valence-electron chi connectivity index (χ1n) is 22.3. The van der Waals surface area contributed by atoms with E-state index in [1.807, 2.05) is 11.3 Å². The zero-order chi connectivity index (χ0) is 43.0. The molecule has 0 radical (unpaired) electrons. The molecule has 0 spiro atoms. The molecule has 0 bridgehead atoms. The Bertz CT molecular complexity index is 4530. The number of fused-ring (bicyclic) bond motifs is 17. The summed E-state index contributed by atoms with van der Waals surface area (Å²) >= 11 is 3.63. The van der Waals surface area contributed by atoms with Gasteiger partial charge in [0.2, 0.25) is 0 Å². The van der Waals surface area contributed by atoms with E-state index in [9.17, 15) is 0 Å². The molecule has 0 aliphatic rings. The number of rotatable bonds is 4. The molecular formula is C60H34N4S2. The monoisotopic (exact) mass is 874 g/mol. The van der Waals surface area contributed by atoms with Gasteiger partial charge in [-0.25, -0.2) is 9.97 Å². The van der Waals surface area contributed by atoms with Crippen molar-refractivity contribution >= 4 is 128 Å². The lowest BCUT2D eigenvalue weighted by Gasteiger charge is -2.14. The Morgan fingerprint density at radius 1 is 0.364 bits per heavy atom. The van der Waals surface area contributed by atoms with E-state index in [1.54, 1.807) is 11.3 Å². The van der Waals surface area contributed by atoms with E-state index < -0.39 is 0 Å². The van der Waals surface area contributed by atoms with Crippen LogP contribution in [0.5, 0.6) is 0 Å². The third-order valence-corrected chi connectivity index (χ3v) is 16.0. The highest BCUT2D eigenvalue weighted by Crippen LogP contribution is 2.50. The van der Waals surface area contributed by atoms with Gasteiger partial charge in [-0.1, -0.05) is 158 Å². The lowest BCUT2D eigenvalue weighted by atomic mass is 9.97. The predicted molar refractivity (Wildman–Crippen MR) is 282 cm³/mol. The van der Waals surface area contributed by atoms with E-state index in [-0.39, 0.29) is 0 Å². The van der Waals surface area contributed by atoms with Gasteiger partial charge in [-0.05, 0) is 75.8 Å². The van der Waals surface area contributed by atoms with Crippen LogP contribution in [-0.2, 0) is 0 Å². The van der Waals surface area contributed by atoms with Gasteiger partial charge in [0.25, 0.3) is 0 Å². The maximum Gasteiger partial charge on any atom is 0.163 e. The third kappa shape index (κ3) is 5.02. The second-order valence-corrected chi connectivity index (χ2v) is 19.3. The van der Waals surface area contributed by atoms with Crippen LogP contribution in [0, 0.1) is 0 Å². The van der Waals surface area contributed by atoms with Crippen molar-refractivity contribution in [3.63, 3.8) is 0 Å². The topological polar surface area (TPSA) is 35.6 Å². The Hall–Kier alpha value is -8.16. The second-order valence-electron chi connectivity index (χ2n) is 17.2. The molecule has 0 aliphatic heterocycles. The fourth-order valence-electron chi connectivity index (χ4n) is 10.9. The fourth-order valence-corrected chi connectivity index (χ4v) is 13.2. The number of para-hydroxylation sites is 2. The van der Waals surface area contributed by atoms with E-state index in [1.165, 1.54) is 84.7 Å². The van der Waals surface area contributed by atoms with Gasteiger partial charge in [-0.15, -0.1) is 22.7 Å². The molecule has 0 saturated carbocycles. The molecular weight excluding hydrogens is 841 g/mol. The highest BCUT2D eigenvalue weighted by Gasteiger charge is 2.26. The van der Waals surface area contributed by atoms with Gasteiger partial charge in [0, 0.05) is 68.4 Å². The van der Waals surface area contributed by atoms with Crippen LogP contribution in [0.4, 0.5) is 0 Å². The highest BCUT2D eigenvalue weighted by atomic mass is 32.1. The van der Waals surface area contributed by atoms with Crippen LogP contribution in [0.15, 0.2) is 206 Å².